The first-order chi connectivity index (χ1) is 10.9. The largest absolute Gasteiger partial charge is 0.352 e. The monoisotopic (exact) mass is 462 g/mol. The Balaban J connectivity index is 0.00000288. The van der Waals surface area contributed by atoms with Crippen molar-refractivity contribution in [1.29, 1.82) is 0 Å². The van der Waals surface area contributed by atoms with Gasteiger partial charge in [0.2, 0.25) is 0 Å². The zero-order valence-corrected chi connectivity index (χ0v) is 17.5. The van der Waals surface area contributed by atoms with Gasteiger partial charge in [-0.25, -0.2) is 9.37 Å². The zero-order chi connectivity index (χ0) is 16.9. The normalized spacial score (nSPS) is 11.8. The molecule has 0 amide bonds. The quantitative estimate of drug-likeness (QED) is 0.410. The molecule has 4 nitrogen and oxygen atoms in total. The molecular formula is C17H24FIN4S. The van der Waals surface area contributed by atoms with Crippen molar-refractivity contribution >= 4 is 41.3 Å². The Bertz CT molecular complexity index is 679. The summed E-state index contributed by atoms with van der Waals surface area (Å²) < 4.78 is 13.6. The second-order valence-electron chi connectivity index (χ2n) is 6.25. The topological polar surface area (TPSA) is 49.3 Å². The average molecular weight is 462 g/mol. The minimum absolute atomic E-state index is 0. The van der Waals surface area contributed by atoms with Crippen molar-refractivity contribution in [1.82, 2.24) is 15.6 Å². The molecule has 0 saturated heterocycles. The summed E-state index contributed by atoms with van der Waals surface area (Å²) in [6.45, 7) is 7.42. The van der Waals surface area contributed by atoms with E-state index < -0.39 is 0 Å². The standard InChI is InChI=1S/C17H23FN4S.HI/c1-17(2,3)14-11-23-15(22-14)10-21-16(19-4)20-9-12-7-5-6-8-13(12)18;/h5-8,11H,9-10H2,1-4H3,(H2,19,20,21);1H. The molecule has 1 heterocycles. The Morgan fingerprint density at radius 2 is 1.88 bits per heavy atom. The molecule has 0 atom stereocenters. The molecule has 7 heteroatoms. The SMILES string of the molecule is CN=C(NCc1nc(C(C)(C)C)cs1)NCc1ccccc1F.I. The minimum atomic E-state index is -0.217. The zero-order valence-electron chi connectivity index (χ0n) is 14.4. The number of nitrogens with zero attached hydrogens (tertiary/aromatic N) is 2. The van der Waals surface area contributed by atoms with E-state index in [4.69, 9.17) is 0 Å². The van der Waals surface area contributed by atoms with E-state index in [9.17, 15) is 4.39 Å². The number of guanidine groups is 1. The van der Waals surface area contributed by atoms with E-state index in [0.29, 0.717) is 24.6 Å². The van der Waals surface area contributed by atoms with Crippen molar-refractivity contribution in [3.8, 4) is 0 Å². The molecule has 2 aromatic rings. The minimum Gasteiger partial charge on any atom is -0.352 e. The van der Waals surface area contributed by atoms with Crippen LogP contribution in [0.5, 0.6) is 0 Å². The van der Waals surface area contributed by atoms with E-state index in [0.717, 1.165) is 10.7 Å². The molecule has 1 aromatic heterocycles. The van der Waals surface area contributed by atoms with Crippen LogP contribution < -0.4 is 10.6 Å². The molecule has 0 spiro atoms. The second kappa shape index (κ2) is 9.31. The summed E-state index contributed by atoms with van der Waals surface area (Å²) in [6, 6.07) is 6.71. The molecule has 0 aliphatic rings. The van der Waals surface area contributed by atoms with Crippen LogP contribution in [0.4, 0.5) is 4.39 Å². The van der Waals surface area contributed by atoms with Crippen LogP contribution in [0.3, 0.4) is 0 Å². The first-order valence-electron chi connectivity index (χ1n) is 7.53. The maximum absolute atomic E-state index is 13.6. The lowest BCUT2D eigenvalue weighted by molar-refractivity contribution is 0.570. The molecule has 0 unspecified atom stereocenters. The fourth-order valence-corrected chi connectivity index (χ4v) is 2.90. The molecule has 0 aliphatic heterocycles. The van der Waals surface area contributed by atoms with Crippen molar-refractivity contribution in [2.24, 2.45) is 4.99 Å². The summed E-state index contributed by atoms with van der Waals surface area (Å²) in [6.07, 6.45) is 0. The molecule has 24 heavy (non-hydrogen) atoms. The van der Waals surface area contributed by atoms with Gasteiger partial charge in [0.1, 0.15) is 10.8 Å². The maximum atomic E-state index is 13.6. The Kier molecular flexibility index (Phi) is 8.08. The average Bonchev–Trinajstić information content (AvgIpc) is 2.98. The fraction of sp³-hybridized carbons (Fsp3) is 0.412. The van der Waals surface area contributed by atoms with Gasteiger partial charge in [0.15, 0.2) is 5.96 Å². The predicted molar refractivity (Wildman–Crippen MR) is 110 cm³/mol. The maximum Gasteiger partial charge on any atom is 0.191 e. The smallest absolute Gasteiger partial charge is 0.191 e. The van der Waals surface area contributed by atoms with Gasteiger partial charge >= 0.3 is 0 Å². The number of rotatable bonds is 4. The lowest BCUT2D eigenvalue weighted by Gasteiger charge is -2.14. The number of halogens is 2. The van der Waals surface area contributed by atoms with Crippen LogP contribution in [-0.4, -0.2) is 18.0 Å². The summed E-state index contributed by atoms with van der Waals surface area (Å²) in [4.78, 5) is 8.79. The van der Waals surface area contributed by atoms with Crippen LogP contribution in [0.25, 0.3) is 0 Å². The van der Waals surface area contributed by atoms with Crippen LogP contribution in [0, 0.1) is 5.82 Å². The molecule has 2 N–H and O–H groups in total. The number of thiazole rings is 1. The van der Waals surface area contributed by atoms with E-state index in [1.54, 1.807) is 30.5 Å². The summed E-state index contributed by atoms with van der Waals surface area (Å²) in [7, 11) is 1.69. The number of aliphatic imine (C=N–C) groups is 1. The van der Waals surface area contributed by atoms with Gasteiger partial charge in [-0.05, 0) is 6.07 Å². The van der Waals surface area contributed by atoms with Gasteiger partial charge in [0.25, 0.3) is 0 Å². The van der Waals surface area contributed by atoms with Gasteiger partial charge in [-0.15, -0.1) is 35.3 Å². The summed E-state index contributed by atoms with van der Waals surface area (Å²) in [5.74, 6) is 0.408. The van der Waals surface area contributed by atoms with Crippen LogP contribution in [0.2, 0.25) is 0 Å². The highest BCUT2D eigenvalue weighted by Crippen LogP contribution is 2.23. The van der Waals surface area contributed by atoms with E-state index in [1.165, 1.54) is 6.07 Å². The number of hydrogen-bond acceptors (Lipinski definition) is 3. The lowest BCUT2D eigenvalue weighted by Crippen LogP contribution is -2.36. The molecule has 2 rings (SSSR count). The number of hydrogen-bond donors (Lipinski definition) is 2. The third-order valence-corrected chi connectivity index (χ3v) is 4.20. The summed E-state index contributed by atoms with van der Waals surface area (Å²) in [5, 5.41) is 9.41. The molecule has 132 valence electrons. The molecule has 0 fully saturated rings. The van der Waals surface area contributed by atoms with Gasteiger partial charge in [0.05, 0.1) is 12.2 Å². The lowest BCUT2D eigenvalue weighted by atomic mass is 9.93. The highest BCUT2D eigenvalue weighted by atomic mass is 127. The second-order valence-corrected chi connectivity index (χ2v) is 7.19. The first kappa shape index (κ1) is 20.8. The van der Waals surface area contributed by atoms with Crippen LogP contribution in [-0.2, 0) is 18.5 Å². The number of nitrogens with one attached hydrogen (secondary N) is 2. The van der Waals surface area contributed by atoms with E-state index in [2.05, 4.69) is 46.8 Å². The van der Waals surface area contributed by atoms with Crippen molar-refractivity contribution in [3.63, 3.8) is 0 Å². The van der Waals surface area contributed by atoms with Crippen molar-refractivity contribution in [2.45, 2.75) is 39.3 Å². The van der Waals surface area contributed by atoms with Crippen molar-refractivity contribution < 1.29 is 4.39 Å². The van der Waals surface area contributed by atoms with Crippen molar-refractivity contribution in [2.75, 3.05) is 7.05 Å². The molecule has 0 aliphatic carbocycles. The van der Waals surface area contributed by atoms with Gasteiger partial charge in [-0.2, -0.15) is 0 Å². The van der Waals surface area contributed by atoms with Crippen molar-refractivity contribution in [3.05, 3.63) is 51.7 Å². The van der Waals surface area contributed by atoms with Gasteiger partial charge in [0, 0.05) is 30.0 Å². The first-order valence-corrected chi connectivity index (χ1v) is 8.41. The third-order valence-electron chi connectivity index (χ3n) is 3.35. The van der Waals surface area contributed by atoms with Crippen LogP contribution in [0.1, 0.15) is 37.0 Å². The Hall–Kier alpha value is -1.22. The number of aromatic nitrogens is 1. The summed E-state index contributed by atoms with van der Waals surface area (Å²) in [5.41, 5.74) is 1.76. The van der Waals surface area contributed by atoms with Gasteiger partial charge in [-0.3, -0.25) is 4.99 Å². The molecule has 1 aromatic carbocycles. The Morgan fingerprint density at radius 3 is 2.46 bits per heavy atom. The van der Waals surface area contributed by atoms with E-state index in [-0.39, 0.29) is 35.2 Å². The highest BCUT2D eigenvalue weighted by Gasteiger charge is 2.17. The van der Waals surface area contributed by atoms with E-state index >= 15 is 0 Å². The van der Waals surface area contributed by atoms with Crippen LogP contribution in [0.15, 0.2) is 34.6 Å². The van der Waals surface area contributed by atoms with Crippen LogP contribution >= 0.6 is 35.3 Å². The molecular weight excluding hydrogens is 438 g/mol. The predicted octanol–water partition coefficient (Wildman–Crippen LogP) is 4.06. The summed E-state index contributed by atoms with van der Waals surface area (Å²) >= 11 is 1.63. The Labute approximate surface area is 164 Å². The van der Waals surface area contributed by atoms with Gasteiger partial charge < -0.3 is 10.6 Å². The fourth-order valence-electron chi connectivity index (χ4n) is 1.94. The highest BCUT2D eigenvalue weighted by molar-refractivity contribution is 14.0. The Morgan fingerprint density at radius 1 is 1.21 bits per heavy atom. The third kappa shape index (κ3) is 6.01. The molecule has 0 saturated carbocycles. The number of benzene rings is 1. The van der Waals surface area contributed by atoms with E-state index in [1.807, 2.05) is 6.07 Å². The molecule has 0 radical (unpaired) electrons. The molecule has 0 bridgehead atoms. The van der Waals surface area contributed by atoms with Gasteiger partial charge in [-0.1, -0.05) is 39.0 Å².